The lowest BCUT2D eigenvalue weighted by atomic mass is 9.73. The molecule has 3 aliphatic carbocycles. The van der Waals surface area contributed by atoms with Crippen LogP contribution in [0.15, 0.2) is 24.5 Å². The van der Waals surface area contributed by atoms with Crippen LogP contribution in [0, 0.1) is 23.7 Å². The molecule has 1 aliphatic heterocycles. The number of hydrogen-bond donors (Lipinski definition) is 0. The monoisotopic (exact) mass is 202 g/mol. The molecule has 0 aromatic rings. The second kappa shape index (κ2) is 2.50. The van der Waals surface area contributed by atoms with Crippen molar-refractivity contribution in [3.8, 4) is 0 Å². The highest BCUT2D eigenvalue weighted by atomic mass is 16.5. The largest absolute Gasteiger partial charge is 0.492 e. The van der Waals surface area contributed by atoms with Crippen LogP contribution in [0.4, 0.5) is 0 Å². The van der Waals surface area contributed by atoms with Gasteiger partial charge in [-0.15, -0.1) is 0 Å². The van der Waals surface area contributed by atoms with E-state index in [1.807, 2.05) is 0 Å². The predicted molar refractivity (Wildman–Crippen MR) is 59.1 cm³/mol. The molecular formula is C14H18O. The first-order valence-corrected chi connectivity index (χ1v) is 6.36. The first-order valence-electron chi connectivity index (χ1n) is 6.36. The Morgan fingerprint density at radius 1 is 1.20 bits per heavy atom. The van der Waals surface area contributed by atoms with E-state index in [9.17, 15) is 0 Å². The van der Waals surface area contributed by atoms with Crippen LogP contribution in [0.3, 0.4) is 0 Å². The van der Waals surface area contributed by atoms with E-state index in [4.69, 9.17) is 4.74 Å². The Balaban J connectivity index is 1.80. The highest BCUT2D eigenvalue weighted by Crippen LogP contribution is 2.63. The van der Waals surface area contributed by atoms with Crippen LogP contribution in [0.2, 0.25) is 0 Å². The molecule has 1 saturated heterocycles. The Kier molecular flexibility index (Phi) is 1.41. The minimum atomic E-state index is 0.214. The fourth-order valence-corrected chi connectivity index (χ4v) is 4.78. The summed E-state index contributed by atoms with van der Waals surface area (Å²) in [4.78, 5) is 0. The van der Waals surface area contributed by atoms with Crippen molar-refractivity contribution in [3.05, 3.63) is 24.5 Å². The summed E-state index contributed by atoms with van der Waals surface area (Å²) in [5.41, 5.74) is 0.214. The lowest BCUT2D eigenvalue weighted by Crippen LogP contribution is -2.36. The smallest absolute Gasteiger partial charge is 0.113 e. The Hall–Kier alpha value is -0.720. The van der Waals surface area contributed by atoms with Gasteiger partial charge < -0.3 is 4.74 Å². The molecule has 0 aromatic carbocycles. The van der Waals surface area contributed by atoms with E-state index in [1.165, 1.54) is 32.1 Å². The average Bonchev–Trinajstić information content (AvgIpc) is 2.93. The van der Waals surface area contributed by atoms with Gasteiger partial charge in [0.1, 0.15) is 5.60 Å². The van der Waals surface area contributed by atoms with E-state index >= 15 is 0 Å². The molecule has 0 amide bonds. The molecule has 4 aliphatic rings. The summed E-state index contributed by atoms with van der Waals surface area (Å²) < 4.78 is 6.22. The zero-order chi connectivity index (χ0) is 10.0. The molecule has 4 unspecified atom stereocenters. The highest BCUT2D eigenvalue weighted by molar-refractivity contribution is 5.27. The highest BCUT2D eigenvalue weighted by Gasteiger charge is 2.62. The van der Waals surface area contributed by atoms with Crippen LogP contribution in [0.1, 0.15) is 32.1 Å². The molecule has 0 N–H and O–H groups in total. The minimum Gasteiger partial charge on any atom is -0.492 e. The van der Waals surface area contributed by atoms with E-state index in [0.29, 0.717) is 5.92 Å². The summed E-state index contributed by atoms with van der Waals surface area (Å²) in [5.74, 6) is 4.11. The Morgan fingerprint density at radius 2 is 1.93 bits per heavy atom. The van der Waals surface area contributed by atoms with Gasteiger partial charge in [-0.2, -0.15) is 0 Å². The topological polar surface area (TPSA) is 9.23 Å². The van der Waals surface area contributed by atoms with Crippen LogP contribution in [0.5, 0.6) is 0 Å². The average molecular weight is 202 g/mol. The van der Waals surface area contributed by atoms with E-state index in [2.05, 4.69) is 18.7 Å². The molecule has 0 radical (unpaired) electrons. The Bertz CT molecular complexity index is 348. The van der Waals surface area contributed by atoms with E-state index < -0.39 is 0 Å². The van der Waals surface area contributed by atoms with Gasteiger partial charge in [0, 0.05) is 11.8 Å². The molecule has 3 fully saturated rings. The molecule has 1 spiro atoms. The first kappa shape index (κ1) is 8.43. The van der Waals surface area contributed by atoms with E-state index in [0.717, 1.165) is 23.5 Å². The van der Waals surface area contributed by atoms with Gasteiger partial charge >= 0.3 is 0 Å². The predicted octanol–water partition coefficient (Wildman–Crippen LogP) is 3.28. The molecule has 1 heteroatoms. The number of hydrogen-bond acceptors (Lipinski definition) is 1. The van der Waals surface area contributed by atoms with E-state index in [1.54, 1.807) is 0 Å². The van der Waals surface area contributed by atoms with Crippen molar-refractivity contribution in [3.63, 3.8) is 0 Å². The molecule has 1 nitrogen and oxygen atoms in total. The summed E-state index contributed by atoms with van der Waals surface area (Å²) in [6.07, 6.45) is 11.5. The number of fused-ring (bicyclic) bond motifs is 6. The normalized spacial score (nSPS) is 48.9. The van der Waals surface area contributed by atoms with Crippen LogP contribution in [-0.4, -0.2) is 5.60 Å². The van der Waals surface area contributed by atoms with Gasteiger partial charge in [-0.05, 0) is 43.9 Å². The third-order valence-corrected chi connectivity index (χ3v) is 5.22. The zero-order valence-corrected chi connectivity index (χ0v) is 9.11. The van der Waals surface area contributed by atoms with Crippen LogP contribution < -0.4 is 0 Å². The lowest BCUT2D eigenvalue weighted by Gasteiger charge is -2.32. The molecule has 1 heterocycles. The van der Waals surface area contributed by atoms with Gasteiger partial charge in [0.2, 0.25) is 0 Å². The third-order valence-electron chi connectivity index (χ3n) is 5.22. The van der Waals surface area contributed by atoms with Gasteiger partial charge in [0.15, 0.2) is 0 Å². The third kappa shape index (κ3) is 0.862. The van der Waals surface area contributed by atoms with Gasteiger partial charge in [0.25, 0.3) is 0 Å². The van der Waals surface area contributed by atoms with Crippen molar-refractivity contribution in [2.45, 2.75) is 37.7 Å². The quantitative estimate of drug-likeness (QED) is 0.548. The van der Waals surface area contributed by atoms with Gasteiger partial charge in [-0.1, -0.05) is 18.7 Å². The number of ether oxygens (including phenoxy) is 1. The summed E-state index contributed by atoms with van der Waals surface area (Å²) in [6.45, 7) is 4.18. The van der Waals surface area contributed by atoms with Crippen molar-refractivity contribution in [2.75, 3.05) is 0 Å². The van der Waals surface area contributed by atoms with Crippen LogP contribution in [-0.2, 0) is 4.74 Å². The van der Waals surface area contributed by atoms with Crippen molar-refractivity contribution >= 4 is 0 Å². The molecule has 0 aromatic heterocycles. The molecule has 15 heavy (non-hydrogen) atoms. The first-order chi connectivity index (χ1) is 7.30. The zero-order valence-electron chi connectivity index (χ0n) is 9.11. The number of rotatable bonds is 0. The van der Waals surface area contributed by atoms with Crippen molar-refractivity contribution in [1.82, 2.24) is 0 Å². The Morgan fingerprint density at radius 3 is 2.73 bits per heavy atom. The summed E-state index contributed by atoms with van der Waals surface area (Å²) in [5, 5.41) is 0. The summed E-state index contributed by atoms with van der Waals surface area (Å²) >= 11 is 0. The molecular weight excluding hydrogens is 184 g/mol. The lowest BCUT2D eigenvalue weighted by molar-refractivity contribution is 0.00249. The van der Waals surface area contributed by atoms with Crippen molar-refractivity contribution < 1.29 is 4.74 Å². The molecule has 80 valence electrons. The minimum absolute atomic E-state index is 0.214. The molecule has 2 bridgehead atoms. The van der Waals surface area contributed by atoms with Crippen LogP contribution in [0.25, 0.3) is 0 Å². The SMILES string of the molecule is C=C1OC2(CCCC2)C2C3C=CC(C3)C12. The second-order valence-corrected chi connectivity index (χ2v) is 5.84. The molecule has 4 atom stereocenters. The maximum Gasteiger partial charge on any atom is 0.113 e. The van der Waals surface area contributed by atoms with Gasteiger partial charge in [0.05, 0.1) is 5.76 Å². The van der Waals surface area contributed by atoms with Crippen molar-refractivity contribution in [2.24, 2.45) is 23.7 Å². The van der Waals surface area contributed by atoms with Crippen molar-refractivity contribution in [1.29, 1.82) is 0 Å². The van der Waals surface area contributed by atoms with Gasteiger partial charge in [-0.3, -0.25) is 0 Å². The maximum absolute atomic E-state index is 6.22. The summed E-state index contributed by atoms with van der Waals surface area (Å²) in [6, 6.07) is 0. The number of allylic oxidation sites excluding steroid dienone is 3. The fraction of sp³-hybridized carbons (Fsp3) is 0.714. The maximum atomic E-state index is 6.22. The molecule has 4 rings (SSSR count). The van der Waals surface area contributed by atoms with Gasteiger partial charge in [-0.25, -0.2) is 0 Å². The fourth-order valence-electron chi connectivity index (χ4n) is 4.78. The standard InChI is InChI=1S/C14H18O/c1-9-12-10-4-5-11(8-10)13(12)14(15-9)6-2-3-7-14/h4-5,10-13H,1-3,6-8H2. The van der Waals surface area contributed by atoms with Crippen LogP contribution >= 0.6 is 0 Å². The summed E-state index contributed by atoms with van der Waals surface area (Å²) in [7, 11) is 0. The second-order valence-electron chi connectivity index (χ2n) is 5.84. The van der Waals surface area contributed by atoms with E-state index in [-0.39, 0.29) is 5.60 Å². The molecule has 2 saturated carbocycles. The Labute approximate surface area is 91.2 Å².